The summed E-state index contributed by atoms with van der Waals surface area (Å²) in [5.41, 5.74) is 9.01. The summed E-state index contributed by atoms with van der Waals surface area (Å²) < 4.78 is 14.1. The maximum Gasteiger partial charge on any atom is 0.246 e. The molecule has 5 aromatic carbocycles. The van der Waals surface area contributed by atoms with E-state index in [4.69, 9.17) is 18.8 Å². The Hall–Kier alpha value is -6.12. The maximum atomic E-state index is 6.49. The summed E-state index contributed by atoms with van der Waals surface area (Å²) in [5.74, 6) is 1.21. The van der Waals surface area contributed by atoms with Crippen molar-refractivity contribution in [3.8, 4) is 44.5 Å². The van der Waals surface area contributed by atoms with Crippen LogP contribution in [0.3, 0.4) is 0 Å². The molecule has 10 rings (SSSR count). The predicted octanol–water partition coefficient (Wildman–Crippen LogP) is 10.3. The minimum Gasteiger partial charge on any atom is -0.456 e. The summed E-state index contributed by atoms with van der Waals surface area (Å²) in [6, 6.07) is 40.9. The van der Waals surface area contributed by atoms with Crippen molar-refractivity contribution in [3.05, 3.63) is 121 Å². The van der Waals surface area contributed by atoms with Crippen molar-refractivity contribution in [2.24, 2.45) is 0 Å². The van der Waals surface area contributed by atoms with Gasteiger partial charge in [0, 0.05) is 42.6 Å². The van der Waals surface area contributed by atoms with Gasteiger partial charge >= 0.3 is 0 Å². The third-order valence-electron chi connectivity index (χ3n) is 8.50. The largest absolute Gasteiger partial charge is 0.456 e. The maximum absolute atomic E-state index is 6.49. The van der Waals surface area contributed by atoms with Gasteiger partial charge in [-0.25, -0.2) is 9.97 Å². The number of rotatable bonds is 4. The molecule has 7 nitrogen and oxygen atoms in total. The van der Waals surface area contributed by atoms with Gasteiger partial charge in [-0.15, -0.1) is 16.4 Å². The monoisotopic (exact) mass is 611 g/mol. The number of hydrogen-bond acceptors (Lipinski definition) is 7. The molecule has 0 saturated carbocycles. The van der Waals surface area contributed by atoms with Crippen LogP contribution >= 0.6 is 11.3 Å². The third kappa shape index (κ3) is 3.77. The van der Waals surface area contributed by atoms with Crippen molar-refractivity contribution in [1.29, 1.82) is 0 Å². The normalized spacial score (nSPS) is 11.9. The number of oxazole rings is 1. The van der Waals surface area contributed by atoms with Gasteiger partial charge in [0.2, 0.25) is 5.89 Å². The molecular weight excluding hydrogens is 591 g/mol. The van der Waals surface area contributed by atoms with Crippen molar-refractivity contribution in [1.82, 2.24) is 25.4 Å². The van der Waals surface area contributed by atoms with E-state index in [9.17, 15) is 0 Å². The standard InChI is InChI=1S/C38H21N5O2S/c1-4-16-28-21(9-1)19-30(44-28)23-11-7-14-26-33(23)35(32-20-22-10-2-6-18-31(22)46-32)34(24-12-8-15-27-36(24)42-43-41-27)37(39-26)38-40-25-13-3-5-17-29(25)45-38/h1-20H,(H,41,42,43). The van der Waals surface area contributed by atoms with Gasteiger partial charge < -0.3 is 8.83 Å². The summed E-state index contributed by atoms with van der Waals surface area (Å²) in [6.07, 6.45) is 0. The van der Waals surface area contributed by atoms with Crippen LogP contribution in [0.25, 0.3) is 98.6 Å². The highest BCUT2D eigenvalue weighted by atomic mass is 32.1. The minimum atomic E-state index is 0.440. The molecule has 0 fully saturated rings. The smallest absolute Gasteiger partial charge is 0.246 e. The number of H-pyrrole nitrogens is 1. The predicted molar refractivity (Wildman–Crippen MR) is 184 cm³/mol. The molecule has 1 N–H and O–H groups in total. The van der Waals surface area contributed by atoms with Gasteiger partial charge in [0.1, 0.15) is 28.1 Å². The van der Waals surface area contributed by atoms with Crippen molar-refractivity contribution in [3.63, 3.8) is 0 Å². The molecule has 0 bridgehead atoms. The number of hydrogen-bond donors (Lipinski definition) is 1. The Morgan fingerprint density at radius 3 is 2.28 bits per heavy atom. The van der Waals surface area contributed by atoms with Gasteiger partial charge in [-0.3, -0.25) is 5.10 Å². The number of benzene rings is 5. The fourth-order valence-electron chi connectivity index (χ4n) is 6.45. The average molecular weight is 612 g/mol. The van der Waals surface area contributed by atoms with Crippen LogP contribution in [-0.2, 0) is 0 Å². The van der Waals surface area contributed by atoms with E-state index in [0.717, 1.165) is 71.3 Å². The Morgan fingerprint density at radius 2 is 1.39 bits per heavy atom. The summed E-state index contributed by atoms with van der Waals surface area (Å²) in [5, 5.41) is 14.9. The van der Waals surface area contributed by atoms with E-state index in [1.54, 1.807) is 11.3 Å². The summed E-state index contributed by atoms with van der Waals surface area (Å²) in [6.45, 7) is 0. The highest BCUT2D eigenvalue weighted by Crippen LogP contribution is 2.50. The van der Waals surface area contributed by atoms with Gasteiger partial charge in [0.25, 0.3) is 0 Å². The molecule has 46 heavy (non-hydrogen) atoms. The number of pyridine rings is 1. The zero-order chi connectivity index (χ0) is 30.2. The van der Waals surface area contributed by atoms with E-state index in [1.807, 2.05) is 66.7 Å². The topological polar surface area (TPSA) is 93.6 Å². The van der Waals surface area contributed by atoms with Crippen LogP contribution in [0.4, 0.5) is 0 Å². The molecular formula is C38H21N5O2S. The zero-order valence-corrected chi connectivity index (χ0v) is 24.9. The number of para-hydroxylation sites is 3. The first-order valence-electron chi connectivity index (χ1n) is 14.9. The van der Waals surface area contributed by atoms with Crippen LogP contribution in [0.5, 0.6) is 0 Å². The molecule has 216 valence electrons. The van der Waals surface area contributed by atoms with E-state index in [0.29, 0.717) is 17.2 Å². The summed E-state index contributed by atoms with van der Waals surface area (Å²) >= 11 is 1.75. The van der Waals surface area contributed by atoms with Crippen LogP contribution in [0.2, 0.25) is 0 Å². The van der Waals surface area contributed by atoms with Gasteiger partial charge in [0.15, 0.2) is 5.58 Å². The number of furan rings is 1. The van der Waals surface area contributed by atoms with Crippen molar-refractivity contribution >= 4 is 65.4 Å². The molecule has 0 aliphatic carbocycles. The molecule has 0 amide bonds. The Balaban J connectivity index is 1.41. The number of thiophene rings is 1. The van der Waals surface area contributed by atoms with Crippen LogP contribution in [0.15, 0.2) is 130 Å². The molecule has 0 radical (unpaired) electrons. The van der Waals surface area contributed by atoms with Gasteiger partial charge in [-0.1, -0.05) is 78.0 Å². The average Bonchev–Trinajstić information content (AvgIpc) is 3.91. The molecule has 0 aliphatic rings. The Morgan fingerprint density at radius 1 is 0.609 bits per heavy atom. The van der Waals surface area contributed by atoms with E-state index < -0.39 is 0 Å². The number of nitrogens with one attached hydrogen (secondary N) is 1. The molecule has 0 atom stereocenters. The van der Waals surface area contributed by atoms with Crippen LogP contribution in [-0.4, -0.2) is 25.4 Å². The lowest BCUT2D eigenvalue weighted by Crippen LogP contribution is -1.98. The minimum absolute atomic E-state index is 0.440. The molecule has 8 heteroatoms. The van der Waals surface area contributed by atoms with Crippen molar-refractivity contribution < 1.29 is 8.83 Å². The SMILES string of the molecule is c1ccc2oc(-c3cccc4nc(-c5nc6ccccc6o5)c(-c5cccc6[nH]nnc56)c(-c5cc6ccccc6s5)c34)cc2c1. The number of nitrogens with zero attached hydrogens (tertiary/aromatic N) is 4. The lowest BCUT2D eigenvalue weighted by Gasteiger charge is -2.17. The van der Waals surface area contributed by atoms with Crippen LogP contribution in [0, 0.1) is 0 Å². The second-order valence-electron chi connectivity index (χ2n) is 11.2. The summed E-state index contributed by atoms with van der Waals surface area (Å²) in [7, 11) is 0. The number of aromatic nitrogens is 5. The van der Waals surface area contributed by atoms with Crippen molar-refractivity contribution in [2.75, 3.05) is 0 Å². The van der Waals surface area contributed by atoms with E-state index in [1.165, 1.54) is 10.1 Å². The molecule has 10 aromatic rings. The second-order valence-corrected chi connectivity index (χ2v) is 12.3. The quantitative estimate of drug-likeness (QED) is 0.213. The number of fused-ring (bicyclic) bond motifs is 5. The van der Waals surface area contributed by atoms with E-state index >= 15 is 0 Å². The first-order valence-corrected chi connectivity index (χ1v) is 15.7. The highest BCUT2D eigenvalue weighted by molar-refractivity contribution is 7.22. The Kier molecular flexibility index (Phi) is 5.31. The first-order chi connectivity index (χ1) is 22.8. The Labute approximate surface area is 264 Å². The van der Waals surface area contributed by atoms with Gasteiger partial charge in [0.05, 0.1) is 11.0 Å². The summed E-state index contributed by atoms with van der Waals surface area (Å²) in [4.78, 5) is 11.4. The van der Waals surface area contributed by atoms with E-state index in [-0.39, 0.29) is 0 Å². The van der Waals surface area contributed by atoms with Crippen LogP contribution < -0.4 is 0 Å². The zero-order valence-electron chi connectivity index (χ0n) is 24.1. The Bertz CT molecular complexity index is 2690. The molecule has 0 spiro atoms. The lowest BCUT2D eigenvalue weighted by atomic mass is 9.90. The fraction of sp³-hybridized carbons (Fsp3) is 0. The molecule has 0 saturated heterocycles. The molecule has 0 aliphatic heterocycles. The first kappa shape index (κ1) is 25.2. The van der Waals surface area contributed by atoms with Gasteiger partial charge in [-0.05, 0) is 53.9 Å². The number of aromatic amines is 1. The van der Waals surface area contributed by atoms with Gasteiger partial charge in [-0.2, -0.15) is 0 Å². The molecule has 5 heterocycles. The fourth-order valence-corrected chi connectivity index (χ4v) is 7.57. The third-order valence-corrected chi connectivity index (χ3v) is 9.63. The van der Waals surface area contributed by atoms with E-state index in [2.05, 4.69) is 70.0 Å². The molecule has 0 unspecified atom stereocenters. The van der Waals surface area contributed by atoms with Crippen molar-refractivity contribution in [2.45, 2.75) is 0 Å². The highest BCUT2D eigenvalue weighted by Gasteiger charge is 2.28. The molecule has 5 aromatic heterocycles. The lowest BCUT2D eigenvalue weighted by molar-refractivity contribution is 0.617. The second kappa shape index (κ2) is 9.69. The van der Waals surface area contributed by atoms with Crippen LogP contribution in [0.1, 0.15) is 0 Å².